The van der Waals surface area contributed by atoms with Gasteiger partial charge in [-0.1, -0.05) is 54.6 Å². The van der Waals surface area contributed by atoms with Crippen molar-refractivity contribution >= 4 is 5.91 Å². The molecule has 1 aliphatic carbocycles. The van der Waals surface area contributed by atoms with Crippen LogP contribution in [0.3, 0.4) is 0 Å². The SMILES string of the molecule is Cc1nccn1Cc1cccc(CNC(=O)[C@H]2C[C@H]2c2ccccc2)c1. The fourth-order valence-electron chi connectivity index (χ4n) is 3.48. The van der Waals surface area contributed by atoms with Gasteiger partial charge in [0.25, 0.3) is 0 Å². The zero-order chi connectivity index (χ0) is 17.9. The molecule has 4 rings (SSSR count). The first-order chi connectivity index (χ1) is 12.7. The molecule has 132 valence electrons. The highest BCUT2D eigenvalue weighted by Crippen LogP contribution is 2.47. The zero-order valence-electron chi connectivity index (χ0n) is 14.9. The number of carbonyl (C=O) groups is 1. The first kappa shape index (κ1) is 16.6. The Kier molecular flexibility index (Phi) is 4.57. The summed E-state index contributed by atoms with van der Waals surface area (Å²) < 4.78 is 2.12. The average Bonchev–Trinajstić information content (AvgIpc) is 3.38. The maximum atomic E-state index is 12.4. The molecule has 1 N–H and O–H groups in total. The third kappa shape index (κ3) is 3.69. The molecule has 3 aromatic rings. The summed E-state index contributed by atoms with van der Waals surface area (Å²) >= 11 is 0. The van der Waals surface area contributed by atoms with Gasteiger partial charge in [-0.05, 0) is 36.0 Å². The lowest BCUT2D eigenvalue weighted by molar-refractivity contribution is -0.122. The molecule has 0 unspecified atom stereocenters. The molecule has 1 fully saturated rings. The Morgan fingerprint density at radius 1 is 1.15 bits per heavy atom. The first-order valence-electron chi connectivity index (χ1n) is 9.09. The van der Waals surface area contributed by atoms with Gasteiger partial charge in [0.1, 0.15) is 5.82 Å². The molecule has 2 atom stereocenters. The molecular weight excluding hydrogens is 322 g/mol. The average molecular weight is 345 g/mol. The van der Waals surface area contributed by atoms with Crippen LogP contribution in [0.5, 0.6) is 0 Å². The van der Waals surface area contributed by atoms with Crippen molar-refractivity contribution in [2.45, 2.75) is 32.4 Å². The third-order valence-electron chi connectivity index (χ3n) is 5.09. The minimum Gasteiger partial charge on any atom is -0.352 e. The lowest BCUT2D eigenvalue weighted by Gasteiger charge is -2.09. The van der Waals surface area contributed by atoms with Gasteiger partial charge in [-0.15, -0.1) is 0 Å². The van der Waals surface area contributed by atoms with E-state index in [1.807, 2.05) is 43.6 Å². The molecule has 1 aromatic heterocycles. The number of hydrogen-bond acceptors (Lipinski definition) is 2. The maximum Gasteiger partial charge on any atom is 0.224 e. The molecule has 1 amide bonds. The van der Waals surface area contributed by atoms with Crippen molar-refractivity contribution in [2.75, 3.05) is 0 Å². The molecule has 0 aliphatic heterocycles. The molecule has 2 aromatic carbocycles. The number of aromatic nitrogens is 2. The molecule has 1 saturated carbocycles. The van der Waals surface area contributed by atoms with E-state index in [4.69, 9.17) is 0 Å². The lowest BCUT2D eigenvalue weighted by atomic mass is 10.1. The minimum absolute atomic E-state index is 0.120. The van der Waals surface area contributed by atoms with Gasteiger partial charge in [-0.25, -0.2) is 4.98 Å². The molecule has 0 radical (unpaired) electrons. The molecule has 26 heavy (non-hydrogen) atoms. The largest absolute Gasteiger partial charge is 0.352 e. The number of imidazole rings is 1. The summed E-state index contributed by atoms with van der Waals surface area (Å²) in [7, 11) is 0. The molecule has 4 heteroatoms. The quantitative estimate of drug-likeness (QED) is 0.741. The number of benzene rings is 2. The molecule has 0 bridgehead atoms. The summed E-state index contributed by atoms with van der Waals surface area (Å²) in [5.74, 6) is 1.67. The van der Waals surface area contributed by atoms with Crippen LogP contribution >= 0.6 is 0 Å². The van der Waals surface area contributed by atoms with Crippen LogP contribution in [0.25, 0.3) is 0 Å². The Hall–Kier alpha value is -2.88. The molecular formula is C22H23N3O. The van der Waals surface area contributed by atoms with Crippen molar-refractivity contribution in [3.8, 4) is 0 Å². The fraction of sp³-hybridized carbons (Fsp3) is 0.273. The monoisotopic (exact) mass is 345 g/mol. The Morgan fingerprint density at radius 3 is 2.73 bits per heavy atom. The zero-order valence-corrected chi connectivity index (χ0v) is 14.9. The number of nitrogens with one attached hydrogen (secondary N) is 1. The topological polar surface area (TPSA) is 46.9 Å². The number of nitrogens with zero attached hydrogens (tertiary/aromatic N) is 2. The van der Waals surface area contributed by atoms with Crippen molar-refractivity contribution in [3.63, 3.8) is 0 Å². The third-order valence-corrected chi connectivity index (χ3v) is 5.09. The van der Waals surface area contributed by atoms with E-state index in [-0.39, 0.29) is 11.8 Å². The van der Waals surface area contributed by atoms with Crippen LogP contribution in [0.1, 0.15) is 34.9 Å². The van der Waals surface area contributed by atoms with Gasteiger partial charge in [0.05, 0.1) is 0 Å². The summed E-state index contributed by atoms with van der Waals surface area (Å²) in [6, 6.07) is 18.7. The summed E-state index contributed by atoms with van der Waals surface area (Å²) in [6.45, 7) is 3.38. The van der Waals surface area contributed by atoms with Gasteiger partial charge in [-0.2, -0.15) is 0 Å². The summed E-state index contributed by atoms with van der Waals surface area (Å²) in [5.41, 5.74) is 3.61. The van der Waals surface area contributed by atoms with Crippen LogP contribution in [-0.4, -0.2) is 15.5 Å². The van der Waals surface area contributed by atoms with Crippen molar-refractivity contribution < 1.29 is 4.79 Å². The highest BCUT2D eigenvalue weighted by Gasteiger charge is 2.43. The summed E-state index contributed by atoms with van der Waals surface area (Å²) in [5, 5.41) is 3.10. The van der Waals surface area contributed by atoms with E-state index in [1.165, 1.54) is 11.1 Å². The van der Waals surface area contributed by atoms with Crippen molar-refractivity contribution in [1.29, 1.82) is 0 Å². The predicted octanol–water partition coefficient (Wildman–Crippen LogP) is 3.66. The van der Waals surface area contributed by atoms with E-state index in [9.17, 15) is 4.79 Å². The van der Waals surface area contributed by atoms with E-state index in [0.29, 0.717) is 12.5 Å². The van der Waals surface area contributed by atoms with E-state index < -0.39 is 0 Å². The van der Waals surface area contributed by atoms with E-state index in [0.717, 1.165) is 24.4 Å². The Bertz CT molecular complexity index is 901. The van der Waals surface area contributed by atoms with Crippen LogP contribution < -0.4 is 5.32 Å². The van der Waals surface area contributed by atoms with Crippen LogP contribution in [0.4, 0.5) is 0 Å². The van der Waals surface area contributed by atoms with Crippen LogP contribution in [0.2, 0.25) is 0 Å². The van der Waals surface area contributed by atoms with Crippen molar-refractivity contribution in [1.82, 2.24) is 14.9 Å². The molecule has 0 spiro atoms. The standard InChI is InChI=1S/C22H23N3O/c1-16-23-10-11-25(16)15-18-7-5-6-17(12-18)14-24-22(26)21-13-20(21)19-8-3-2-4-9-19/h2-12,20-21H,13-15H2,1H3,(H,24,26)/t20-,21-/m0/s1. The number of hydrogen-bond donors (Lipinski definition) is 1. The summed E-state index contributed by atoms with van der Waals surface area (Å²) in [6.07, 6.45) is 4.76. The second kappa shape index (κ2) is 7.16. The van der Waals surface area contributed by atoms with Gasteiger partial charge in [-0.3, -0.25) is 4.79 Å². The second-order valence-corrected chi connectivity index (χ2v) is 7.00. The van der Waals surface area contributed by atoms with Crippen molar-refractivity contribution in [2.24, 2.45) is 5.92 Å². The molecule has 0 saturated heterocycles. The van der Waals surface area contributed by atoms with Crippen LogP contribution in [0.15, 0.2) is 67.0 Å². The van der Waals surface area contributed by atoms with E-state index in [1.54, 1.807) is 0 Å². The smallest absolute Gasteiger partial charge is 0.224 e. The second-order valence-electron chi connectivity index (χ2n) is 7.00. The van der Waals surface area contributed by atoms with Gasteiger partial charge < -0.3 is 9.88 Å². The molecule has 1 heterocycles. The highest BCUT2D eigenvalue weighted by atomic mass is 16.2. The Morgan fingerprint density at radius 2 is 1.96 bits per heavy atom. The maximum absolute atomic E-state index is 12.4. The number of aryl methyl sites for hydroxylation is 1. The van der Waals surface area contributed by atoms with E-state index in [2.05, 4.69) is 45.2 Å². The van der Waals surface area contributed by atoms with Gasteiger partial charge in [0, 0.05) is 31.4 Å². The fourth-order valence-corrected chi connectivity index (χ4v) is 3.48. The normalized spacial score (nSPS) is 18.5. The van der Waals surface area contributed by atoms with Gasteiger partial charge in [0.15, 0.2) is 0 Å². The van der Waals surface area contributed by atoms with Crippen molar-refractivity contribution in [3.05, 3.63) is 89.5 Å². The van der Waals surface area contributed by atoms with Gasteiger partial charge >= 0.3 is 0 Å². The predicted molar refractivity (Wildman–Crippen MR) is 102 cm³/mol. The minimum atomic E-state index is 0.120. The number of carbonyl (C=O) groups excluding carboxylic acids is 1. The molecule has 1 aliphatic rings. The Balaban J connectivity index is 1.33. The van der Waals surface area contributed by atoms with Crippen LogP contribution in [-0.2, 0) is 17.9 Å². The molecule has 4 nitrogen and oxygen atoms in total. The van der Waals surface area contributed by atoms with E-state index >= 15 is 0 Å². The Labute approximate surface area is 153 Å². The highest BCUT2D eigenvalue weighted by molar-refractivity contribution is 5.82. The van der Waals surface area contributed by atoms with Crippen LogP contribution in [0, 0.1) is 12.8 Å². The first-order valence-corrected chi connectivity index (χ1v) is 9.09. The number of amides is 1. The van der Waals surface area contributed by atoms with Gasteiger partial charge in [0.2, 0.25) is 5.91 Å². The lowest BCUT2D eigenvalue weighted by Crippen LogP contribution is -2.24. The summed E-state index contributed by atoms with van der Waals surface area (Å²) in [4.78, 5) is 16.7. The number of rotatable bonds is 6.